The Bertz CT molecular complexity index is 296. The summed E-state index contributed by atoms with van der Waals surface area (Å²) in [5, 5.41) is 11.9. The van der Waals surface area contributed by atoms with E-state index in [1.807, 2.05) is 0 Å². The summed E-state index contributed by atoms with van der Waals surface area (Å²) in [6.07, 6.45) is 1.64. The van der Waals surface area contributed by atoms with Gasteiger partial charge in [0.25, 0.3) is 0 Å². The van der Waals surface area contributed by atoms with Gasteiger partial charge in [0.2, 0.25) is 0 Å². The van der Waals surface area contributed by atoms with E-state index in [0.717, 1.165) is 25.3 Å². The van der Waals surface area contributed by atoms with Crippen molar-refractivity contribution in [3.63, 3.8) is 0 Å². The molecule has 0 aliphatic carbocycles. The first-order chi connectivity index (χ1) is 6.27. The highest BCUT2D eigenvalue weighted by molar-refractivity contribution is 6.40. The number of nitrogens with zero attached hydrogens (tertiary/aromatic N) is 2. The van der Waals surface area contributed by atoms with Crippen molar-refractivity contribution in [1.29, 1.82) is 0 Å². The summed E-state index contributed by atoms with van der Waals surface area (Å²) in [5.41, 5.74) is 1.19. The van der Waals surface area contributed by atoms with Gasteiger partial charge < -0.3 is 15.3 Å². The van der Waals surface area contributed by atoms with Gasteiger partial charge in [-0.1, -0.05) is 0 Å². The molecule has 2 rings (SSSR count). The van der Waals surface area contributed by atoms with Gasteiger partial charge in [0, 0.05) is 25.3 Å². The highest BCUT2D eigenvalue weighted by atomic mass is 16.4. The normalized spacial score (nSPS) is 21.7. The molecular formula is C8H11N3O2. The van der Waals surface area contributed by atoms with Crippen LogP contribution < -0.4 is 5.32 Å². The zero-order valence-electron chi connectivity index (χ0n) is 7.16. The van der Waals surface area contributed by atoms with Crippen LogP contribution in [0.1, 0.15) is 0 Å². The summed E-state index contributed by atoms with van der Waals surface area (Å²) in [6.45, 7) is 3.07. The van der Waals surface area contributed by atoms with Crippen LogP contribution in [0.5, 0.6) is 0 Å². The third-order valence-electron chi connectivity index (χ3n) is 2.21. The van der Waals surface area contributed by atoms with Crippen molar-refractivity contribution in [2.24, 2.45) is 4.99 Å². The van der Waals surface area contributed by atoms with Gasteiger partial charge in [-0.05, 0) is 6.08 Å². The number of aliphatic carboxylic acids is 1. The summed E-state index contributed by atoms with van der Waals surface area (Å²) in [6, 6.07) is 0. The summed E-state index contributed by atoms with van der Waals surface area (Å²) in [4.78, 5) is 16.7. The lowest BCUT2D eigenvalue weighted by molar-refractivity contribution is -0.129. The number of hydrogen-bond acceptors (Lipinski definition) is 4. The van der Waals surface area contributed by atoms with E-state index < -0.39 is 5.97 Å². The van der Waals surface area contributed by atoms with Crippen LogP contribution in [0.25, 0.3) is 0 Å². The number of rotatable bonds is 1. The molecule has 0 radical (unpaired) electrons. The third kappa shape index (κ3) is 1.55. The van der Waals surface area contributed by atoms with Crippen LogP contribution >= 0.6 is 0 Å². The molecule has 13 heavy (non-hydrogen) atoms. The van der Waals surface area contributed by atoms with Gasteiger partial charge in [-0.25, -0.2) is 4.79 Å². The number of fused-ring (bicyclic) bond motifs is 1. The number of aliphatic imine (C=N–C) groups is 1. The summed E-state index contributed by atoms with van der Waals surface area (Å²) in [5.74, 6) is -0.947. The Morgan fingerprint density at radius 1 is 1.69 bits per heavy atom. The van der Waals surface area contributed by atoms with Crippen LogP contribution in [0.2, 0.25) is 0 Å². The molecule has 5 nitrogen and oxygen atoms in total. The SMILES string of the molecule is O=C(O)C1=NCN2CCNCC2=C1. The fourth-order valence-electron chi connectivity index (χ4n) is 1.48. The van der Waals surface area contributed by atoms with Crippen molar-refractivity contribution >= 4 is 11.7 Å². The summed E-state index contributed by atoms with van der Waals surface area (Å²) >= 11 is 0. The Balaban J connectivity index is 2.18. The molecule has 0 atom stereocenters. The molecule has 0 aromatic rings. The standard InChI is InChI=1S/C8H11N3O2/c12-8(13)7-3-6-4-9-1-2-11(6)5-10-7/h3,9H,1-2,4-5H2,(H,12,13). The minimum Gasteiger partial charge on any atom is -0.477 e. The van der Waals surface area contributed by atoms with E-state index in [-0.39, 0.29) is 5.71 Å². The molecule has 1 fully saturated rings. The Morgan fingerprint density at radius 2 is 2.54 bits per heavy atom. The average Bonchev–Trinajstić information content (AvgIpc) is 2.17. The van der Waals surface area contributed by atoms with Crippen molar-refractivity contribution in [3.8, 4) is 0 Å². The summed E-state index contributed by atoms with van der Waals surface area (Å²) < 4.78 is 0. The van der Waals surface area contributed by atoms with E-state index in [9.17, 15) is 4.79 Å². The molecule has 2 heterocycles. The number of carbonyl (C=O) groups is 1. The highest BCUT2D eigenvalue weighted by Gasteiger charge is 2.20. The highest BCUT2D eigenvalue weighted by Crippen LogP contribution is 2.11. The predicted molar refractivity (Wildman–Crippen MR) is 47.6 cm³/mol. The molecule has 0 saturated carbocycles. The van der Waals surface area contributed by atoms with Crippen LogP contribution in [-0.4, -0.2) is 48.0 Å². The van der Waals surface area contributed by atoms with Crippen molar-refractivity contribution in [2.75, 3.05) is 26.3 Å². The van der Waals surface area contributed by atoms with Crippen molar-refractivity contribution < 1.29 is 9.90 Å². The molecular weight excluding hydrogens is 170 g/mol. The van der Waals surface area contributed by atoms with Gasteiger partial charge in [0.15, 0.2) is 0 Å². The minimum atomic E-state index is -0.947. The average molecular weight is 181 g/mol. The number of carboxylic acid groups (broad SMARTS) is 1. The lowest BCUT2D eigenvalue weighted by Gasteiger charge is -2.32. The molecule has 0 aromatic carbocycles. The molecule has 2 aliphatic heterocycles. The van der Waals surface area contributed by atoms with Crippen LogP contribution in [-0.2, 0) is 4.79 Å². The monoisotopic (exact) mass is 181 g/mol. The van der Waals surface area contributed by atoms with Crippen molar-refractivity contribution in [2.45, 2.75) is 0 Å². The molecule has 1 saturated heterocycles. The molecule has 2 N–H and O–H groups in total. The smallest absolute Gasteiger partial charge is 0.354 e. The van der Waals surface area contributed by atoms with E-state index in [4.69, 9.17) is 5.11 Å². The van der Waals surface area contributed by atoms with Crippen molar-refractivity contribution in [3.05, 3.63) is 11.8 Å². The minimum absolute atomic E-state index is 0.162. The second-order valence-electron chi connectivity index (χ2n) is 3.07. The Hall–Kier alpha value is -1.36. The van der Waals surface area contributed by atoms with Crippen LogP contribution in [0.3, 0.4) is 0 Å². The van der Waals surface area contributed by atoms with Gasteiger partial charge in [-0.2, -0.15) is 0 Å². The van der Waals surface area contributed by atoms with E-state index in [1.54, 1.807) is 6.08 Å². The summed E-state index contributed by atoms with van der Waals surface area (Å²) in [7, 11) is 0. The number of piperazine rings is 1. The zero-order valence-corrected chi connectivity index (χ0v) is 7.16. The maximum Gasteiger partial charge on any atom is 0.354 e. The zero-order chi connectivity index (χ0) is 9.26. The van der Waals surface area contributed by atoms with Crippen molar-refractivity contribution in [1.82, 2.24) is 10.2 Å². The van der Waals surface area contributed by atoms with E-state index in [1.165, 1.54) is 0 Å². The molecule has 0 bridgehead atoms. The van der Waals surface area contributed by atoms with Gasteiger partial charge >= 0.3 is 5.97 Å². The van der Waals surface area contributed by atoms with Gasteiger partial charge in [-0.3, -0.25) is 4.99 Å². The molecule has 0 spiro atoms. The largest absolute Gasteiger partial charge is 0.477 e. The van der Waals surface area contributed by atoms with Gasteiger partial charge in [-0.15, -0.1) is 0 Å². The van der Waals surface area contributed by atoms with Gasteiger partial charge in [0.1, 0.15) is 12.4 Å². The first-order valence-corrected chi connectivity index (χ1v) is 4.21. The number of carboxylic acids is 1. The lowest BCUT2D eigenvalue weighted by atomic mass is 10.2. The first kappa shape index (κ1) is 8.25. The number of hydrogen-bond donors (Lipinski definition) is 2. The van der Waals surface area contributed by atoms with Gasteiger partial charge in [0.05, 0.1) is 0 Å². The fourth-order valence-corrected chi connectivity index (χ4v) is 1.48. The number of nitrogens with one attached hydrogen (secondary N) is 1. The fraction of sp³-hybridized carbons (Fsp3) is 0.500. The molecule has 2 aliphatic rings. The third-order valence-corrected chi connectivity index (χ3v) is 2.21. The van der Waals surface area contributed by atoms with E-state index in [0.29, 0.717) is 6.67 Å². The molecule has 0 aromatic heterocycles. The Kier molecular flexibility index (Phi) is 2.02. The lowest BCUT2D eigenvalue weighted by Crippen LogP contribution is -2.44. The molecule has 0 amide bonds. The van der Waals surface area contributed by atoms with Crippen LogP contribution in [0.4, 0.5) is 0 Å². The molecule has 70 valence electrons. The predicted octanol–water partition coefficient (Wildman–Crippen LogP) is -0.728. The maximum atomic E-state index is 10.6. The molecule has 5 heteroatoms. The second kappa shape index (κ2) is 3.18. The van der Waals surface area contributed by atoms with Crippen LogP contribution in [0.15, 0.2) is 16.8 Å². The quantitative estimate of drug-likeness (QED) is 0.560. The maximum absolute atomic E-state index is 10.6. The second-order valence-corrected chi connectivity index (χ2v) is 3.07. The Labute approximate surface area is 75.8 Å². The topological polar surface area (TPSA) is 64.9 Å². The Morgan fingerprint density at radius 3 is 3.31 bits per heavy atom. The van der Waals surface area contributed by atoms with Crippen LogP contribution in [0, 0.1) is 0 Å². The van der Waals surface area contributed by atoms with E-state index >= 15 is 0 Å². The molecule has 0 unspecified atom stereocenters. The van der Waals surface area contributed by atoms with E-state index in [2.05, 4.69) is 15.2 Å². The first-order valence-electron chi connectivity index (χ1n) is 4.21.